The molecule has 2 aliphatic rings. The molecule has 2 fully saturated rings. The molecule has 1 saturated carbocycles. The van der Waals surface area contributed by atoms with Crippen LogP contribution in [0.2, 0.25) is 0 Å². The second kappa shape index (κ2) is 10.9. The van der Waals surface area contributed by atoms with Crippen LogP contribution in [0.5, 0.6) is 0 Å². The topological polar surface area (TPSA) is 37.6 Å². The van der Waals surface area contributed by atoms with Crippen LogP contribution in [0.4, 0.5) is 10.1 Å². The number of aromatic nitrogens is 1. The second-order valence-electron chi connectivity index (χ2n) is 10.5. The minimum atomic E-state index is -0.380. The van der Waals surface area contributed by atoms with E-state index in [4.69, 9.17) is 0 Å². The maximum Gasteiger partial charge on any atom is 0.267 e. The number of carbonyl (C=O) groups excluding carboxylic acids is 1. The Morgan fingerprint density at radius 3 is 2.54 bits per heavy atom. The van der Waals surface area contributed by atoms with Crippen LogP contribution >= 0.6 is 11.8 Å². The molecule has 198 valence electrons. The fraction of sp³-hybridized carbons (Fsp3) is 0.273. The number of halogens is 1. The van der Waals surface area contributed by atoms with E-state index in [-0.39, 0.29) is 23.5 Å². The minimum absolute atomic E-state index is 0.0306. The van der Waals surface area contributed by atoms with Crippen molar-refractivity contribution in [1.82, 2.24) is 9.47 Å². The maximum absolute atomic E-state index is 14.6. The quantitative estimate of drug-likeness (QED) is 0.240. The number of benzene rings is 3. The molecule has 6 rings (SSSR count). The zero-order valence-corrected chi connectivity index (χ0v) is 23.2. The maximum atomic E-state index is 14.6. The monoisotopic (exact) mass is 537 g/mol. The number of carbonyl (C=O) groups is 1. The molecule has 1 aromatic heterocycles. The van der Waals surface area contributed by atoms with Gasteiger partial charge in [-0.3, -0.25) is 9.69 Å². The van der Waals surface area contributed by atoms with Crippen molar-refractivity contribution in [2.24, 2.45) is 4.99 Å². The van der Waals surface area contributed by atoms with Gasteiger partial charge >= 0.3 is 0 Å². The summed E-state index contributed by atoms with van der Waals surface area (Å²) in [4.78, 5) is 21.1. The van der Waals surface area contributed by atoms with Gasteiger partial charge < -0.3 is 4.57 Å². The van der Waals surface area contributed by atoms with Crippen LogP contribution in [0.25, 0.3) is 17.0 Å². The predicted octanol–water partition coefficient (Wildman–Crippen LogP) is 8.38. The molecule has 1 saturated heterocycles. The molecule has 0 spiro atoms. The normalized spacial score (nSPS) is 18.6. The molecule has 0 atom stereocenters. The lowest BCUT2D eigenvalue weighted by atomic mass is 9.94. The number of hydrogen-bond acceptors (Lipinski definition) is 3. The molecule has 39 heavy (non-hydrogen) atoms. The molecule has 1 aliphatic carbocycles. The van der Waals surface area contributed by atoms with Gasteiger partial charge in [-0.05, 0) is 68.3 Å². The summed E-state index contributed by atoms with van der Waals surface area (Å²) >= 11 is 1.36. The molecule has 0 unspecified atom stereocenters. The molecule has 4 aromatic rings. The number of fused-ring (bicyclic) bond motifs is 1. The summed E-state index contributed by atoms with van der Waals surface area (Å²) in [6.45, 7) is 4.99. The highest BCUT2D eigenvalue weighted by Crippen LogP contribution is 2.40. The van der Waals surface area contributed by atoms with Crippen LogP contribution in [-0.4, -0.2) is 26.6 Å². The van der Waals surface area contributed by atoms with Crippen molar-refractivity contribution in [2.75, 3.05) is 0 Å². The first-order valence-electron chi connectivity index (χ1n) is 13.7. The number of rotatable bonds is 5. The third kappa shape index (κ3) is 5.06. The molecule has 4 nitrogen and oxygen atoms in total. The number of aliphatic imine (C=N–C) groups is 1. The predicted molar refractivity (Wildman–Crippen MR) is 160 cm³/mol. The first-order valence-corrected chi connectivity index (χ1v) is 14.5. The van der Waals surface area contributed by atoms with E-state index < -0.39 is 0 Å². The average Bonchev–Trinajstić information content (AvgIpc) is 3.39. The van der Waals surface area contributed by atoms with E-state index in [1.807, 2.05) is 17.0 Å². The zero-order chi connectivity index (χ0) is 26.9. The van der Waals surface area contributed by atoms with E-state index in [1.54, 1.807) is 18.2 Å². The van der Waals surface area contributed by atoms with E-state index in [2.05, 4.69) is 65.9 Å². The Kier molecular flexibility index (Phi) is 7.13. The average molecular weight is 538 g/mol. The lowest BCUT2D eigenvalue weighted by Crippen LogP contribution is -2.40. The summed E-state index contributed by atoms with van der Waals surface area (Å²) in [6.07, 6.45) is 7.30. The number of amides is 1. The van der Waals surface area contributed by atoms with Gasteiger partial charge in [0.15, 0.2) is 5.17 Å². The summed E-state index contributed by atoms with van der Waals surface area (Å²) in [7, 11) is 0. The van der Waals surface area contributed by atoms with Gasteiger partial charge in [0.25, 0.3) is 5.91 Å². The van der Waals surface area contributed by atoms with E-state index in [0.29, 0.717) is 10.1 Å². The minimum Gasteiger partial charge on any atom is -0.340 e. The summed E-state index contributed by atoms with van der Waals surface area (Å²) < 4.78 is 16.9. The van der Waals surface area contributed by atoms with Crippen LogP contribution < -0.4 is 0 Å². The summed E-state index contributed by atoms with van der Waals surface area (Å²) in [5, 5.41) is 1.69. The molecule has 0 radical (unpaired) electrons. The van der Waals surface area contributed by atoms with Crippen molar-refractivity contribution in [3.8, 4) is 0 Å². The number of hydrogen-bond donors (Lipinski definition) is 0. The lowest BCUT2D eigenvalue weighted by Gasteiger charge is -2.30. The summed E-state index contributed by atoms with van der Waals surface area (Å²) in [6, 6.07) is 23.6. The number of aryl methyl sites for hydroxylation is 1. The first-order chi connectivity index (χ1) is 19.0. The molecule has 0 N–H and O–H groups in total. The van der Waals surface area contributed by atoms with Crippen molar-refractivity contribution in [3.05, 3.63) is 106 Å². The van der Waals surface area contributed by atoms with Crippen LogP contribution in [0.3, 0.4) is 0 Å². The van der Waals surface area contributed by atoms with Crippen molar-refractivity contribution in [3.63, 3.8) is 0 Å². The first kappa shape index (κ1) is 25.6. The Morgan fingerprint density at radius 2 is 1.74 bits per heavy atom. The molecular weight excluding hydrogens is 505 g/mol. The third-order valence-corrected chi connectivity index (χ3v) is 8.81. The Morgan fingerprint density at radius 1 is 0.974 bits per heavy atom. The van der Waals surface area contributed by atoms with Crippen molar-refractivity contribution in [1.29, 1.82) is 0 Å². The van der Waals surface area contributed by atoms with Crippen LogP contribution in [0.1, 0.15) is 54.5 Å². The highest BCUT2D eigenvalue weighted by Gasteiger charge is 2.39. The number of amidine groups is 1. The van der Waals surface area contributed by atoms with Crippen LogP contribution in [0.15, 0.2) is 82.7 Å². The Hall–Kier alpha value is -3.64. The van der Waals surface area contributed by atoms with Crippen LogP contribution in [0, 0.1) is 19.7 Å². The van der Waals surface area contributed by atoms with Gasteiger partial charge in [0, 0.05) is 34.7 Å². The highest BCUT2D eigenvalue weighted by molar-refractivity contribution is 8.18. The van der Waals surface area contributed by atoms with E-state index in [0.717, 1.165) is 54.4 Å². The zero-order valence-electron chi connectivity index (χ0n) is 22.4. The van der Waals surface area contributed by atoms with Crippen molar-refractivity contribution >= 4 is 45.5 Å². The summed E-state index contributed by atoms with van der Waals surface area (Å²) in [5.41, 5.74) is 6.05. The van der Waals surface area contributed by atoms with Gasteiger partial charge in [-0.25, -0.2) is 9.38 Å². The van der Waals surface area contributed by atoms with Gasteiger partial charge in [-0.15, -0.1) is 0 Å². The van der Waals surface area contributed by atoms with Crippen LogP contribution in [-0.2, 0) is 11.3 Å². The van der Waals surface area contributed by atoms with Gasteiger partial charge in [-0.2, -0.15) is 0 Å². The molecule has 6 heteroatoms. The molecular formula is C33H32FN3OS. The fourth-order valence-corrected chi connectivity index (χ4v) is 6.87. The molecule has 1 aliphatic heterocycles. The van der Waals surface area contributed by atoms with Crippen molar-refractivity contribution in [2.45, 2.75) is 58.5 Å². The third-order valence-electron chi connectivity index (χ3n) is 7.82. The van der Waals surface area contributed by atoms with E-state index in [9.17, 15) is 9.18 Å². The van der Waals surface area contributed by atoms with Gasteiger partial charge in [-0.1, -0.05) is 79.4 Å². The Labute approximate surface area is 233 Å². The molecule has 0 bridgehead atoms. The Bertz CT molecular complexity index is 1610. The smallest absolute Gasteiger partial charge is 0.267 e. The Balaban J connectivity index is 1.43. The van der Waals surface area contributed by atoms with Gasteiger partial charge in [0.05, 0.1) is 4.91 Å². The standard InChI is InChI=1S/C33H32FN3OS/c1-22-11-10-12-24(19-22)21-36-23(2)27(26-15-6-9-18-30(26)36)20-31-32(38)37(25-13-4-3-5-14-25)33(39-31)35-29-17-8-7-16-28(29)34/h6-12,15-20,25H,3-5,13-14,21H2,1-2H3/b31-20-,35-33?. The van der Waals surface area contributed by atoms with Gasteiger partial charge in [0.1, 0.15) is 11.5 Å². The fourth-order valence-electron chi connectivity index (χ4n) is 5.84. The largest absolute Gasteiger partial charge is 0.340 e. The highest BCUT2D eigenvalue weighted by atomic mass is 32.2. The molecule has 2 heterocycles. The number of para-hydroxylation sites is 2. The summed E-state index contributed by atoms with van der Waals surface area (Å²) in [5.74, 6) is -0.411. The van der Waals surface area contributed by atoms with Gasteiger partial charge in [0.2, 0.25) is 0 Å². The molecule has 1 amide bonds. The number of thioether (sulfide) groups is 1. The SMILES string of the molecule is Cc1cccc(Cn2c(C)c(/C=C3\SC(=Nc4ccccc4F)N(C4CCCCC4)C3=O)c3ccccc32)c1. The van der Waals surface area contributed by atoms with E-state index >= 15 is 0 Å². The van der Waals surface area contributed by atoms with E-state index in [1.165, 1.54) is 35.4 Å². The van der Waals surface area contributed by atoms with Crippen molar-refractivity contribution < 1.29 is 9.18 Å². The number of nitrogens with zero attached hydrogens (tertiary/aromatic N) is 3. The second-order valence-corrected chi connectivity index (χ2v) is 11.5. The molecule has 3 aromatic carbocycles. The lowest BCUT2D eigenvalue weighted by molar-refractivity contribution is -0.124.